The summed E-state index contributed by atoms with van der Waals surface area (Å²) < 4.78 is 33.8. The van der Waals surface area contributed by atoms with Crippen molar-refractivity contribution in [1.82, 2.24) is 19.3 Å². The van der Waals surface area contributed by atoms with E-state index in [0.29, 0.717) is 55.4 Å². The molecule has 1 aliphatic rings. The van der Waals surface area contributed by atoms with Crippen LogP contribution in [0.3, 0.4) is 0 Å². The van der Waals surface area contributed by atoms with E-state index < -0.39 is 10.0 Å². The predicted octanol–water partition coefficient (Wildman–Crippen LogP) is 1.93. The third kappa shape index (κ3) is 3.38. The molecule has 146 valence electrons. The maximum Gasteiger partial charge on any atom is 0.243 e. The lowest BCUT2D eigenvalue weighted by molar-refractivity contribution is 0.343. The van der Waals surface area contributed by atoms with Crippen LogP contribution in [0, 0.1) is 0 Å². The smallest absolute Gasteiger partial charge is 0.243 e. The van der Waals surface area contributed by atoms with Crippen LogP contribution in [0.25, 0.3) is 10.9 Å². The van der Waals surface area contributed by atoms with Gasteiger partial charge in [-0.1, -0.05) is 0 Å². The molecule has 0 atom stereocenters. The second kappa shape index (κ2) is 7.69. The number of piperazine rings is 1. The van der Waals surface area contributed by atoms with Crippen molar-refractivity contribution in [1.29, 1.82) is 0 Å². The Morgan fingerprint density at radius 3 is 2.39 bits per heavy atom. The molecule has 0 radical (unpaired) electrons. The SMILES string of the molecule is CCOc1ccc(S(=O)(=O)N2CCN(c3ncccn3)CC2)c2cccnc12. The van der Waals surface area contributed by atoms with Gasteiger partial charge in [-0.2, -0.15) is 4.31 Å². The maximum absolute atomic E-state index is 13.3. The molecule has 4 rings (SSSR count). The first-order chi connectivity index (χ1) is 13.6. The molecule has 1 fully saturated rings. The van der Waals surface area contributed by atoms with E-state index in [4.69, 9.17) is 4.74 Å². The Kier molecular flexibility index (Phi) is 5.10. The van der Waals surface area contributed by atoms with Crippen molar-refractivity contribution < 1.29 is 13.2 Å². The van der Waals surface area contributed by atoms with Gasteiger partial charge in [0.1, 0.15) is 11.3 Å². The van der Waals surface area contributed by atoms with Crippen LogP contribution in [-0.2, 0) is 10.0 Å². The van der Waals surface area contributed by atoms with Crippen LogP contribution in [0.5, 0.6) is 5.75 Å². The van der Waals surface area contributed by atoms with Gasteiger partial charge in [0.15, 0.2) is 0 Å². The normalized spacial score (nSPS) is 15.7. The van der Waals surface area contributed by atoms with Crippen molar-refractivity contribution in [3.05, 3.63) is 48.9 Å². The summed E-state index contributed by atoms with van der Waals surface area (Å²) in [6.07, 6.45) is 5.01. The Morgan fingerprint density at radius 2 is 1.68 bits per heavy atom. The zero-order valence-corrected chi connectivity index (χ0v) is 16.3. The number of fused-ring (bicyclic) bond motifs is 1. The number of ether oxygens (including phenoxy) is 1. The minimum Gasteiger partial charge on any atom is -0.492 e. The summed E-state index contributed by atoms with van der Waals surface area (Å²) in [5.74, 6) is 1.21. The number of hydrogen-bond donors (Lipinski definition) is 0. The third-order valence-corrected chi connectivity index (χ3v) is 6.64. The fourth-order valence-corrected chi connectivity index (χ4v) is 4.94. The number of pyridine rings is 1. The zero-order chi connectivity index (χ0) is 19.6. The molecule has 0 unspecified atom stereocenters. The highest BCUT2D eigenvalue weighted by atomic mass is 32.2. The highest BCUT2D eigenvalue weighted by Crippen LogP contribution is 2.31. The summed E-state index contributed by atoms with van der Waals surface area (Å²) >= 11 is 0. The lowest BCUT2D eigenvalue weighted by atomic mass is 10.2. The summed E-state index contributed by atoms with van der Waals surface area (Å²) in [6.45, 7) is 4.19. The molecule has 2 aromatic heterocycles. The molecule has 0 N–H and O–H groups in total. The molecule has 3 heterocycles. The van der Waals surface area contributed by atoms with Crippen molar-refractivity contribution in [3.8, 4) is 5.75 Å². The van der Waals surface area contributed by atoms with Crippen molar-refractivity contribution in [3.63, 3.8) is 0 Å². The van der Waals surface area contributed by atoms with E-state index in [2.05, 4.69) is 15.0 Å². The van der Waals surface area contributed by atoms with Crippen molar-refractivity contribution in [2.24, 2.45) is 0 Å². The van der Waals surface area contributed by atoms with Crippen LogP contribution in [0.2, 0.25) is 0 Å². The van der Waals surface area contributed by atoms with E-state index in [1.54, 1.807) is 48.9 Å². The van der Waals surface area contributed by atoms with Gasteiger partial charge in [-0.25, -0.2) is 18.4 Å². The lowest BCUT2D eigenvalue weighted by Gasteiger charge is -2.34. The Hall–Kier alpha value is -2.78. The summed E-state index contributed by atoms with van der Waals surface area (Å²) in [4.78, 5) is 15.1. The molecule has 1 aromatic carbocycles. The van der Waals surface area contributed by atoms with Crippen molar-refractivity contribution >= 4 is 26.9 Å². The summed E-state index contributed by atoms with van der Waals surface area (Å²) in [7, 11) is -3.66. The predicted molar refractivity (Wildman–Crippen MR) is 106 cm³/mol. The van der Waals surface area contributed by atoms with Crippen LogP contribution in [-0.4, -0.2) is 60.5 Å². The first-order valence-corrected chi connectivity index (χ1v) is 10.6. The number of nitrogens with zero attached hydrogens (tertiary/aromatic N) is 5. The van der Waals surface area contributed by atoms with Gasteiger partial charge in [-0.15, -0.1) is 0 Å². The summed E-state index contributed by atoms with van der Waals surface area (Å²) in [5.41, 5.74) is 0.557. The number of sulfonamides is 1. The average Bonchev–Trinajstić information content (AvgIpc) is 2.75. The minimum atomic E-state index is -3.66. The molecule has 0 bridgehead atoms. The summed E-state index contributed by atoms with van der Waals surface area (Å²) in [6, 6.07) is 8.56. The fourth-order valence-electron chi connectivity index (χ4n) is 3.34. The minimum absolute atomic E-state index is 0.253. The molecule has 1 saturated heterocycles. The van der Waals surface area contributed by atoms with Crippen LogP contribution < -0.4 is 9.64 Å². The van der Waals surface area contributed by atoms with Gasteiger partial charge in [-0.05, 0) is 37.3 Å². The molecule has 0 spiro atoms. The zero-order valence-electron chi connectivity index (χ0n) is 15.5. The second-order valence-corrected chi connectivity index (χ2v) is 8.24. The Labute approximate surface area is 163 Å². The van der Waals surface area contributed by atoms with Gasteiger partial charge in [0.25, 0.3) is 0 Å². The molecule has 0 saturated carbocycles. The average molecular weight is 399 g/mol. The molecule has 0 amide bonds. The number of aromatic nitrogens is 3. The van der Waals surface area contributed by atoms with E-state index in [9.17, 15) is 8.42 Å². The van der Waals surface area contributed by atoms with Gasteiger partial charge >= 0.3 is 0 Å². The molecule has 3 aromatic rings. The Bertz CT molecular complexity index is 1070. The molecule has 9 heteroatoms. The van der Waals surface area contributed by atoms with Crippen LogP contribution >= 0.6 is 0 Å². The van der Waals surface area contributed by atoms with Crippen LogP contribution in [0.4, 0.5) is 5.95 Å². The number of hydrogen-bond acceptors (Lipinski definition) is 7. The van der Waals surface area contributed by atoms with Gasteiger partial charge < -0.3 is 9.64 Å². The largest absolute Gasteiger partial charge is 0.492 e. The highest BCUT2D eigenvalue weighted by Gasteiger charge is 2.31. The molecule has 8 nitrogen and oxygen atoms in total. The van der Waals surface area contributed by atoms with E-state index in [0.717, 1.165) is 0 Å². The van der Waals surface area contributed by atoms with E-state index in [1.807, 2.05) is 11.8 Å². The van der Waals surface area contributed by atoms with Gasteiger partial charge in [0.2, 0.25) is 16.0 Å². The second-order valence-electron chi connectivity index (χ2n) is 6.33. The van der Waals surface area contributed by atoms with Crippen molar-refractivity contribution in [2.75, 3.05) is 37.7 Å². The van der Waals surface area contributed by atoms with E-state index in [1.165, 1.54) is 4.31 Å². The topological polar surface area (TPSA) is 88.5 Å². The summed E-state index contributed by atoms with van der Waals surface area (Å²) in [5, 5.41) is 0.572. The molecular weight excluding hydrogens is 378 g/mol. The first kappa shape index (κ1) is 18.6. The van der Waals surface area contributed by atoms with Gasteiger partial charge in [0, 0.05) is 50.2 Å². The van der Waals surface area contributed by atoms with E-state index in [-0.39, 0.29) is 4.90 Å². The van der Waals surface area contributed by atoms with Crippen LogP contribution in [0.15, 0.2) is 53.8 Å². The quantitative estimate of drug-likeness (QED) is 0.648. The third-order valence-electron chi connectivity index (χ3n) is 4.68. The molecular formula is C19H21N5O3S. The molecule has 28 heavy (non-hydrogen) atoms. The molecule has 0 aliphatic carbocycles. The number of benzene rings is 1. The Balaban J connectivity index is 1.62. The highest BCUT2D eigenvalue weighted by molar-refractivity contribution is 7.89. The first-order valence-electron chi connectivity index (χ1n) is 9.14. The maximum atomic E-state index is 13.3. The number of anilines is 1. The van der Waals surface area contributed by atoms with Gasteiger partial charge in [0.05, 0.1) is 11.5 Å². The fraction of sp³-hybridized carbons (Fsp3) is 0.316. The van der Waals surface area contributed by atoms with Gasteiger partial charge in [-0.3, -0.25) is 4.98 Å². The molecule has 1 aliphatic heterocycles. The van der Waals surface area contributed by atoms with Crippen LogP contribution in [0.1, 0.15) is 6.92 Å². The van der Waals surface area contributed by atoms with Crippen molar-refractivity contribution in [2.45, 2.75) is 11.8 Å². The standard InChI is InChI=1S/C19H21N5O3S/c1-2-27-16-6-7-17(15-5-3-8-20-18(15)16)28(25,26)24-13-11-23(12-14-24)19-21-9-4-10-22-19/h3-10H,2,11-14H2,1H3. The number of rotatable bonds is 5. The van der Waals surface area contributed by atoms with E-state index >= 15 is 0 Å². The lowest BCUT2D eigenvalue weighted by Crippen LogP contribution is -2.49. The monoisotopic (exact) mass is 399 g/mol. The Morgan fingerprint density at radius 1 is 0.964 bits per heavy atom.